The van der Waals surface area contributed by atoms with Crippen LogP contribution in [0.15, 0.2) is 24.3 Å². The molecule has 0 spiro atoms. The minimum absolute atomic E-state index is 0.354. The van der Waals surface area contributed by atoms with E-state index >= 15 is 0 Å². The Morgan fingerprint density at radius 1 is 1.21 bits per heavy atom. The first-order chi connectivity index (χ1) is 9.22. The van der Waals surface area contributed by atoms with Gasteiger partial charge in [0.1, 0.15) is 5.75 Å². The Bertz CT molecular complexity index is 371. The van der Waals surface area contributed by atoms with Gasteiger partial charge in [-0.15, -0.1) is 0 Å². The topological polar surface area (TPSA) is 29.5 Å². The van der Waals surface area contributed by atoms with E-state index in [0.29, 0.717) is 6.10 Å². The summed E-state index contributed by atoms with van der Waals surface area (Å²) in [5.74, 6) is 1.77. The normalized spacial score (nSPS) is 25.0. The lowest BCUT2D eigenvalue weighted by Gasteiger charge is -2.29. The molecule has 2 heteroatoms. The van der Waals surface area contributed by atoms with Crippen LogP contribution in [0.2, 0.25) is 0 Å². The first-order valence-corrected chi connectivity index (χ1v) is 7.67. The minimum atomic E-state index is -0.354. The lowest BCUT2D eigenvalue weighted by molar-refractivity contribution is 0.122. The summed E-state index contributed by atoms with van der Waals surface area (Å²) in [5, 5.41) is 9.77. The van der Waals surface area contributed by atoms with Crippen molar-refractivity contribution < 1.29 is 9.84 Å². The maximum atomic E-state index is 9.77. The van der Waals surface area contributed by atoms with E-state index in [2.05, 4.69) is 6.92 Å². The Kier molecular flexibility index (Phi) is 5.26. The molecule has 3 unspecified atom stereocenters. The van der Waals surface area contributed by atoms with Gasteiger partial charge in [0.05, 0.1) is 12.2 Å². The Balaban J connectivity index is 1.92. The fourth-order valence-corrected chi connectivity index (χ4v) is 2.92. The smallest absolute Gasteiger partial charge is 0.119 e. The fraction of sp³-hybridized carbons (Fsp3) is 0.647. The Labute approximate surface area is 116 Å². The number of hydrogen-bond acceptors (Lipinski definition) is 2. The van der Waals surface area contributed by atoms with Crippen LogP contribution in [-0.4, -0.2) is 11.2 Å². The van der Waals surface area contributed by atoms with E-state index in [1.54, 1.807) is 0 Å². The van der Waals surface area contributed by atoms with Gasteiger partial charge in [-0.1, -0.05) is 38.8 Å². The largest absolute Gasteiger partial charge is 0.490 e. The lowest BCUT2D eigenvalue weighted by atomic mass is 9.85. The van der Waals surface area contributed by atoms with Gasteiger partial charge in [-0.3, -0.25) is 0 Å². The second-order valence-electron chi connectivity index (χ2n) is 5.67. The van der Waals surface area contributed by atoms with Gasteiger partial charge in [0, 0.05) is 0 Å². The highest BCUT2D eigenvalue weighted by Crippen LogP contribution is 2.30. The zero-order chi connectivity index (χ0) is 13.7. The van der Waals surface area contributed by atoms with Crippen molar-refractivity contribution in [1.82, 2.24) is 0 Å². The van der Waals surface area contributed by atoms with Gasteiger partial charge in [0.15, 0.2) is 0 Å². The van der Waals surface area contributed by atoms with E-state index < -0.39 is 0 Å². The molecule has 0 bridgehead atoms. The van der Waals surface area contributed by atoms with E-state index in [1.165, 1.54) is 32.1 Å². The molecule has 1 aromatic carbocycles. The summed E-state index contributed by atoms with van der Waals surface area (Å²) >= 11 is 0. The van der Waals surface area contributed by atoms with Crippen LogP contribution in [0.1, 0.15) is 64.0 Å². The summed E-state index contributed by atoms with van der Waals surface area (Å²) in [6.07, 6.45) is 7.05. The predicted octanol–water partition coefficient (Wildman–Crippen LogP) is 4.48. The molecular weight excluding hydrogens is 236 g/mol. The maximum Gasteiger partial charge on any atom is 0.119 e. The Morgan fingerprint density at radius 2 is 1.95 bits per heavy atom. The highest BCUT2D eigenvalue weighted by Gasteiger charge is 2.22. The van der Waals surface area contributed by atoms with Gasteiger partial charge < -0.3 is 9.84 Å². The molecule has 0 heterocycles. The van der Waals surface area contributed by atoms with Gasteiger partial charge in [-0.2, -0.15) is 0 Å². The molecule has 1 N–H and O–H groups in total. The van der Waals surface area contributed by atoms with Crippen LogP contribution in [0.25, 0.3) is 0 Å². The second-order valence-corrected chi connectivity index (χ2v) is 5.67. The van der Waals surface area contributed by atoms with Crippen LogP contribution < -0.4 is 4.74 Å². The first kappa shape index (κ1) is 14.4. The molecule has 19 heavy (non-hydrogen) atoms. The highest BCUT2D eigenvalue weighted by molar-refractivity contribution is 5.28. The number of rotatable bonds is 5. The van der Waals surface area contributed by atoms with Gasteiger partial charge >= 0.3 is 0 Å². The number of aliphatic hydroxyl groups is 1. The van der Waals surface area contributed by atoms with Crippen molar-refractivity contribution in [3.63, 3.8) is 0 Å². The van der Waals surface area contributed by atoms with Gasteiger partial charge in [-0.25, -0.2) is 0 Å². The van der Waals surface area contributed by atoms with E-state index in [-0.39, 0.29) is 6.10 Å². The van der Waals surface area contributed by atoms with E-state index in [0.717, 1.165) is 23.7 Å². The van der Waals surface area contributed by atoms with Crippen LogP contribution in [0.5, 0.6) is 5.75 Å². The molecule has 0 saturated heterocycles. The zero-order valence-electron chi connectivity index (χ0n) is 12.1. The van der Waals surface area contributed by atoms with Crippen LogP contribution in [0, 0.1) is 5.92 Å². The molecule has 0 aromatic heterocycles. The number of hydrogen-bond donors (Lipinski definition) is 1. The quantitative estimate of drug-likeness (QED) is 0.848. The monoisotopic (exact) mass is 262 g/mol. The standard InChI is InChI=1S/C17H26O2/c1-3-13-6-5-7-16(12-13)19-15-10-8-14(9-11-15)17(18)4-2/h8-11,13,16-18H,3-7,12H2,1-2H3. The number of benzene rings is 1. The molecule has 1 aliphatic rings. The van der Waals surface area contributed by atoms with E-state index in [4.69, 9.17) is 4.74 Å². The van der Waals surface area contributed by atoms with Gasteiger partial charge in [0.25, 0.3) is 0 Å². The summed E-state index contributed by atoms with van der Waals surface area (Å²) < 4.78 is 6.07. The molecular formula is C17H26O2. The van der Waals surface area contributed by atoms with Crippen molar-refractivity contribution in [3.8, 4) is 5.75 Å². The molecule has 0 aliphatic heterocycles. The van der Waals surface area contributed by atoms with E-state index in [9.17, 15) is 5.11 Å². The molecule has 3 atom stereocenters. The summed E-state index contributed by atoms with van der Waals surface area (Å²) in [5.41, 5.74) is 0.977. The summed E-state index contributed by atoms with van der Waals surface area (Å²) in [6.45, 7) is 4.26. The molecule has 106 valence electrons. The average Bonchev–Trinajstić information content (AvgIpc) is 2.47. The van der Waals surface area contributed by atoms with Crippen LogP contribution in [-0.2, 0) is 0 Å². The molecule has 1 aliphatic carbocycles. The lowest BCUT2D eigenvalue weighted by Crippen LogP contribution is -2.25. The third-order valence-electron chi connectivity index (χ3n) is 4.27. The van der Waals surface area contributed by atoms with Crippen molar-refractivity contribution in [2.45, 2.75) is 64.6 Å². The van der Waals surface area contributed by atoms with Crippen molar-refractivity contribution in [1.29, 1.82) is 0 Å². The van der Waals surface area contributed by atoms with Crippen molar-refractivity contribution >= 4 is 0 Å². The summed E-state index contributed by atoms with van der Waals surface area (Å²) in [6, 6.07) is 7.93. The van der Waals surface area contributed by atoms with E-state index in [1.807, 2.05) is 31.2 Å². The fourth-order valence-electron chi connectivity index (χ4n) is 2.92. The van der Waals surface area contributed by atoms with Crippen molar-refractivity contribution in [2.75, 3.05) is 0 Å². The number of aliphatic hydroxyl groups excluding tert-OH is 1. The summed E-state index contributed by atoms with van der Waals surface area (Å²) in [4.78, 5) is 0. The van der Waals surface area contributed by atoms with Crippen molar-refractivity contribution in [3.05, 3.63) is 29.8 Å². The third-order valence-corrected chi connectivity index (χ3v) is 4.27. The average molecular weight is 262 g/mol. The first-order valence-electron chi connectivity index (χ1n) is 7.67. The molecule has 1 fully saturated rings. The van der Waals surface area contributed by atoms with Crippen LogP contribution in [0.4, 0.5) is 0 Å². The minimum Gasteiger partial charge on any atom is -0.490 e. The zero-order valence-corrected chi connectivity index (χ0v) is 12.1. The molecule has 1 aromatic rings. The third kappa shape index (κ3) is 3.97. The molecule has 1 saturated carbocycles. The molecule has 2 nitrogen and oxygen atoms in total. The molecule has 2 rings (SSSR count). The van der Waals surface area contributed by atoms with Crippen LogP contribution in [0.3, 0.4) is 0 Å². The van der Waals surface area contributed by atoms with Crippen molar-refractivity contribution in [2.24, 2.45) is 5.92 Å². The maximum absolute atomic E-state index is 9.77. The Hall–Kier alpha value is -1.02. The van der Waals surface area contributed by atoms with Gasteiger partial charge in [-0.05, 0) is 49.3 Å². The van der Waals surface area contributed by atoms with Crippen LogP contribution >= 0.6 is 0 Å². The molecule has 0 amide bonds. The predicted molar refractivity (Wildman–Crippen MR) is 78.4 cm³/mol. The van der Waals surface area contributed by atoms with Gasteiger partial charge in [0.2, 0.25) is 0 Å². The number of ether oxygens (including phenoxy) is 1. The Morgan fingerprint density at radius 3 is 2.58 bits per heavy atom. The molecule has 0 radical (unpaired) electrons. The SMILES string of the molecule is CCC1CCCC(Oc2ccc(C(O)CC)cc2)C1. The summed E-state index contributed by atoms with van der Waals surface area (Å²) in [7, 11) is 0. The second kappa shape index (κ2) is 6.95. The highest BCUT2D eigenvalue weighted by atomic mass is 16.5.